The van der Waals surface area contributed by atoms with Crippen LogP contribution < -0.4 is 0 Å². The maximum absolute atomic E-state index is 12.8. The van der Waals surface area contributed by atoms with Gasteiger partial charge in [-0.25, -0.2) is 0 Å². The van der Waals surface area contributed by atoms with Gasteiger partial charge in [0.15, 0.2) is 11.6 Å². The normalized spacial score (nSPS) is 39.4. The van der Waals surface area contributed by atoms with Crippen molar-refractivity contribution in [1.82, 2.24) is 0 Å². The zero-order valence-electron chi connectivity index (χ0n) is 10.8. The minimum atomic E-state index is -0.0514. The van der Waals surface area contributed by atoms with Crippen molar-refractivity contribution in [2.75, 3.05) is 0 Å². The van der Waals surface area contributed by atoms with Gasteiger partial charge in [-0.2, -0.15) is 0 Å². The topological polar surface area (TPSA) is 34.1 Å². The molecule has 3 aliphatic rings. The van der Waals surface area contributed by atoms with Crippen molar-refractivity contribution < 1.29 is 9.59 Å². The summed E-state index contributed by atoms with van der Waals surface area (Å²) in [5.41, 5.74) is 1.44. The molecule has 2 bridgehead atoms. The van der Waals surface area contributed by atoms with Gasteiger partial charge < -0.3 is 0 Å². The summed E-state index contributed by atoms with van der Waals surface area (Å²) in [6, 6.07) is 5.66. The lowest BCUT2D eigenvalue weighted by molar-refractivity contribution is 0.0572. The van der Waals surface area contributed by atoms with Crippen LogP contribution in [-0.4, -0.2) is 11.6 Å². The Labute approximate surface area is 126 Å². The number of hydrogen-bond acceptors (Lipinski definition) is 2. The zero-order chi connectivity index (χ0) is 13.4. The molecule has 0 spiro atoms. The van der Waals surface area contributed by atoms with E-state index in [-0.39, 0.29) is 28.8 Å². The summed E-state index contributed by atoms with van der Waals surface area (Å²) in [7, 11) is 0. The summed E-state index contributed by atoms with van der Waals surface area (Å²) < 4.78 is 0.930. The van der Waals surface area contributed by atoms with Gasteiger partial charge in [0, 0.05) is 26.5 Å². The molecular weight excluding hydrogens is 351 g/mol. The Morgan fingerprint density at radius 2 is 2.05 bits per heavy atom. The lowest BCUT2D eigenvalue weighted by Gasteiger charge is -2.38. The van der Waals surface area contributed by atoms with Gasteiger partial charge in [-0.15, -0.1) is 0 Å². The molecule has 19 heavy (non-hydrogen) atoms. The van der Waals surface area contributed by atoms with Crippen LogP contribution >= 0.6 is 22.6 Å². The van der Waals surface area contributed by atoms with Gasteiger partial charge in [0.2, 0.25) is 0 Å². The SMILES string of the molecule is CC12CCC(C1)C1C(=O)c3c(I)cccc3C(=O)C12. The van der Waals surface area contributed by atoms with Crippen LogP contribution in [0.4, 0.5) is 0 Å². The van der Waals surface area contributed by atoms with Crippen molar-refractivity contribution in [3.05, 3.63) is 32.9 Å². The van der Waals surface area contributed by atoms with Crippen LogP contribution in [0.2, 0.25) is 0 Å². The van der Waals surface area contributed by atoms with Crippen molar-refractivity contribution >= 4 is 34.2 Å². The predicted molar refractivity (Wildman–Crippen MR) is 80.2 cm³/mol. The van der Waals surface area contributed by atoms with E-state index in [9.17, 15) is 9.59 Å². The fourth-order valence-electron chi connectivity index (χ4n) is 4.77. The van der Waals surface area contributed by atoms with E-state index >= 15 is 0 Å². The Morgan fingerprint density at radius 3 is 2.84 bits per heavy atom. The van der Waals surface area contributed by atoms with Gasteiger partial charge in [0.05, 0.1) is 0 Å². The van der Waals surface area contributed by atoms with Gasteiger partial charge in [-0.05, 0) is 59.3 Å². The molecule has 2 fully saturated rings. The van der Waals surface area contributed by atoms with Gasteiger partial charge in [-0.3, -0.25) is 9.59 Å². The molecular formula is C16H15IO2. The van der Waals surface area contributed by atoms with E-state index in [1.54, 1.807) is 0 Å². The van der Waals surface area contributed by atoms with Crippen molar-refractivity contribution in [2.45, 2.75) is 26.2 Å². The van der Waals surface area contributed by atoms with Crippen LogP contribution in [0.1, 0.15) is 46.9 Å². The number of halogens is 1. The van der Waals surface area contributed by atoms with E-state index in [0.717, 1.165) is 22.8 Å². The molecule has 0 N–H and O–H groups in total. The van der Waals surface area contributed by atoms with E-state index < -0.39 is 0 Å². The quantitative estimate of drug-likeness (QED) is 0.656. The van der Waals surface area contributed by atoms with Crippen LogP contribution in [0, 0.1) is 26.7 Å². The molecule has 3 heteroatoms. The molecule has 0 aliphatic heterocycles. The van der Waals surface area contributed by atoms with Crippen LogP contribution in [-0.2, 0) is 0 Å². The summed E-state index contributed by atoms with van der Waals surface area (Å²) in [6.45, 7) is 2.21. The number of carbonyl (C=O) groups excluding carboxylic acids is 2. The number of Topliss-reactive ketones (excluding diaryl/α,β-unsaturated/α-hetero) is 2. The van der Waals surface area contributed by atoms with Crippen LogP contribution in [0.5, 0.6) is 0 Å². The Balaban J connectivity index is 1.96. The Morgan fingerprint density at radius 1 is 1.26 bits per heavy atom. The van der Waals surface area contributed by atoms with E-state index in [2.05, 4.69) is 29.5 Å². The number of benzene rings is 1. The van der Waals surface area contributed by atoms with E-state index in [0.29, 0.717) is 17.0 Å². The third-order valence-electron chi connectivity index (χ3n) is 5.54. The number of ketones is 2. The second-order valence-corrected chi connectivity index (χ2v) is 7.71. The average molecular weight is 366 g/mol. The largest absolute Gasteiger partial charge is 0.294 e. The lowest BCUT2D eigenvalue weighted by atomic mass is 9.63. The number of hydrogen-bond donors (Lipinski definition) is 0. The first-order chi connectivity index (χ1) is 9.03. The second-order valence-electron chi connectivity index (χ2n) is 6.55. The number of fused-ring (bicyclic) bond motifs is 6. The summed E-state index contributed by atoms with van der Waals surface area (Å²) in [4.78, 5) is 25.7. The van der Waals surface area contributed by atoms with Crippen LogP contribution in [0.3, 0.4) is 0 Å². The molecule has 4 unspecified atom stereocenters. The number of rotatable bonds is 0. The maximum Gasteiger partial charge on any atom is 0.168 e. The minimum Gasteiger partial charge on any atom is -0.294 e. The van der Waals surface area contributed by atoms with Gasteiger partial charge in [-0.1, -0.05) is 19.1 Å². The molecule has 0 radical (unpaired) electrons. The van der Waals surface area contributed by atoms with Gasteiger partial charge in [0.25, 0.3) is 0 Å². The van der Waals surface area contributed by atoms with E-state index in [4.69, 9.17) is 0 Å². The van der Waals surface area contributed by atoms with Crippen molar-refractivity contribution in [1.29, 1.82) is 0 Å². The molecule has 4 atom stereocenters. The fraction of sp³-hybridized carbons (Fsp3) is 0.500. The standard InChI is InChI=1S/C16H15IO2/c1-16-6-5-8(7-16)11-13(16)14(18)9-3-2-4-10(17)12(9)15(11)19/h2-4,8,11,13H,5-7H2,1H3. The second kappa shape index (κ2) is 3.68. The van der Waals surface area contributed by atoms with Crippen molar-refractivity contribution in [3.63, 3.8) is 0 Å². The first-order valence-corrected chi connectivity index (χ1v) is 7.98. The Bertz CT molecular complexity index is 621. The third kappa shape index (κ3) is 1.37. The van der Waals surface area contributed by atoms with Crippen LogP contribution in [0.15, 0.2) is 18.2 Å². The highest BCUT2D eigenvalue weighted by Gasteiger charge is 2.62. The highest BCUT2D eigenvalue weighted by molar-refractivity contribution is 14.1. The Kier molecular flexibility index (Phi) is 2.34. The molecule has 2 nitrogen and oxygen atoms in total. The maximum atomic E-state index is 12.8. The molecule has 0 amide bonds. The van der Waals surface area contributed by atoms with Crippen molar-refractivity contribution in [3.8, 4) is 0 Å². The molecule has 0 aromatic heterocycles. The summed E-state index contributed by atoms with van der Waals surface area (Å²) in [6.07, 6.45) is 3.29. The minimum absolute atomic E-state index is 0.0327. The summed E-state index contributed by atoms with van der Waals surface area (Å²) >= 11 is 2.18. The smallest absolute Gasteiger partial charge is 0.168 e. The van der Waals surface area contributed by atoms with Crippen LogP contribution in [0.25, 0.3) is 0 Å². The Hall–Kier alpha value is -0.710. The lowest BCUT2D eigenvalue weighted by Crippen LogP contribution is -2.43. The molecule has 1 aromatic rings. The fourth-order valence-corrected chi connectivity index (χ4v) is 5.54. The third-order valence-corrected chi connectivity index (χ3v) is 6.44. The summed E-state index contributed by atoms with van der Waals surface area (Å²) in [5.74, 6) is 0.815. The predicted octanol–water partition coefficient (Wildman–Crippen LogP) is 3.72. The molecule has 0 heterocycles. The molecule has 98 valence electrons. The molecule has 0 saturated heterocycles. The monoisotopic (exact) mass is 366 g/mol. The van der Waals surface area contributed by atoms with Crippen molar-refractivity contribution in [2.24, 2.45) is 23.2 Å². The molecule has 1 aromatic carbocycles. The van der Waals surface area contributed by atoms with E-state index in [1.165, 1.54) is 0 Å². The summed E-state index contributed by atoms with van der Waals surface area (Å²) in [5, 5.41) is 0. The highest BCUT2D eigenvalue weighted by Crippen LogP contribution is 2.63. The zero-order valence-corrected chi connectivity index (χ0v) is 12.9. The van der Waals surface area contributed by atoms with E-state index in [1.807, 2.05) is 18.2 Å². The van der Waals surface area contributed by atoms with Gasteiger partial charge in [0.1, 0.15) is 0 Å². The average Bonchev–Trinajstić information content (AvgIpc) is 2.89. The first kappa shape index (κ1) is 12.1. The highest BCUT2D eigenvalue weighted by atomic mass is 127. The molecule has 2 saturated carbocycles. The van der Waals surface area contributed by atoms with Gasteiger partial charge >= 0.3 is 0 Å². The number of carbonyl (C=O) groups is 2. The molecule has 3 aliphatic carbocycles. The first-order valence-electron chi connectivity index (χ1n) is 6.90. The molecule has 4 rings (SSSR count).